The van der Waals surface area contributed by atoms with Gasteiger partial charge in [-0.15, -0.1) is 0 Å². The number of ether oxygens (including phenoxy) is 2. The number of hydrogen-bond donors (Lipinski definition) is 1. The molecule has 0 bridgehead atoms. The zero-order chi connectivity index (χ0) is 13.1. The van der Waals surface area contributed by atoms with Gasteiger partial charge < -0.3 is 14.7 Å². The molecule has 2 rings (SSSR count). The average molecular weight is 249 g/mol. The zero-order valence-electron chi connectivity index (χ0n) is 10.3. The van der Waals surface area contributed by atoms with Crippen LogP contribution in [0.1, 0.15) is 29.9 Å². The van der Waals surface area contributed by atoms with Gasteiger partial charge in [0, 0.05) is 5.56 Å². The van der Waals surface area contributed by atoms with E-state index in [1.54, 1.807) is 19.2 Å². The van der Waals surface area contributed by atoms with E-state index in [0.29, 0.717) is 24.3 Å². The van der Waals surface area contributed by atoms with Gasteiger partial charge in [0.2, 0.25) is 0 Å². The molecule has 96 valence electrons. The third-order valence-corrected chi connectivity index (χ3v) is 3.22. The lowest BCUT2D eigenvalue weighted by atomic mass is 9.81. The van der Waals surface area contributed by atoms with Gasteiger partial charge in [-0.2, -0.15) is 0 Å². The third-order valence-electron chi connectivity index (χ3n) is 3.22. The molecule has 0 amide bonds. The smallest absolute Gasteiger partial charge is 0.313 e. The number of benzene rings is 1. The van der Waals surface area contributed by atoms with Crippen LogP contribution in [-0.2, 0) is 9.53 Å². The largest absolute Gasteiger partial charge is 0.497 e. The highest BCUT2D eigenvalue weighted by atomic mass is 16.5. The standard InChI is InChI=1S/C13H15NO4/c1-17-8-3-4-9-10(13(15)18-2)5-6-12(14-16)11(9)7-8/h3-4,7,10,16H,5-6H2,1-2H3/b14-12+. The van der Waals surface area contributed by atoms with Crippen LogP contribution in [0.15, 0.2) is 23.4 Å². The molecule has 1 aromatic rings. The molecule has 1 aliphatic rings. The van der Waals surface area contributed by atoms with Gasteiger partial charge in [-0.25, -0.2) is 0 Å². The van der Waals surface area contributed by atoms with Crippen molar-refractivity contribution in [1.29, 1.82) is 0 Å². The SMILES string of the molecule is COC(=O)C1CC/C(=N\O)c2cc(OC)ccc21. The van der Waals surface area contributed by atoms with E-state index in [1.165, 1.54) is 7.11 Å². The summed E-state index contributed by atoms with van der Waals surface area (Å²) in [5, 5.41) is 12.3. The van der Waals surface area contributed by atoms with Crippen molar-refractivity contribution in [2.24, 2.45) is 5.16 Å². The third kappa shape index (κ3) is 2.03. The molecule has 0 spiro atoms. The second-order valence-corrected chi connectivity index (χ2v) is 4.11. The molecule has 1 aliphatic carbocycles. The summed E-state index contributed by atoms with van der Waals surface area (Å²) in [4.78, 5) is 11.7. The Balaban J connectivity index is 2.50. The van der Waals surface area contributed by atoms with Gasteiger partial charge in [0.25, 0.3) is 0 Å². The molecule has 5 heteroatoms. The summed E-state index contributed by atoms with van der Waals surface area (Å²) < 4.78 is 9.94. The monoisotopic (exact) mass is 249 g/mol. The van der Waals surface area contributed by atoms with Crippen molar-refractivity contribution in [3.05, 3.63) is 29.3 Å². The first kappa shape index (κ1) is 12.4. The van der Waals surface area contributed by atoms with E-state index in [9.17, 15) is 4.79 Å². The molecule has 1 unspecified atom stereocenters. The number of hydrogen-bond acceptors (Lipinski definition) is 5. The second kappa shape index (κ2) is 5.08. The average Bonchev–Trinajstić information content (AvgIpc) is 2.44. The van der Waals surface area contributed by atoms with Crippen molar-refractivity contribution >= 4 is 11.7 Å². The van der Waals surface area contributed by atoms with Crippen molar-refractivity contribution in [3.8, 4) is 5.75 Å². The Morgan fingerprint density at radius 3 is 2.83 bits per heavy atom. The lowest BCUT2D eigenvalue weighted by Gasteiger charge is -2.24. The zero-order valence-corrected chi connectivity index (χ0v) is 10.3. The summed E-state index contributed by atoms with van der Waals surface area (Å²) in [6, 6.07) is 5.38. The minimum atomic E-state index is -0.304. The summed E-state index contributed by atoms with van der Waals surface area (Å²) in [7, 11) is 2.94. The number of rotatable bonds is 2. The first-order valence-corrected chi connectivity index (χ1v) is 5.68. The molecule has 0 aromatic heterocycles. The number of nitrogens with zero attached hydrogens (tertiary/aromatic N) is 1. The van der Waals surface area contributed by atoms with E-state index < -0.39 is 0 Å². The minimum absolute atomic E-state index is 0.265. The first-order valence-electron chi connectivity index (χ1n) is 5.68. The fraction of sp³-hybridized carbons (Fsp3) is 0.385. The van der Waals surface area contributed by atoms with Crippen LogP contribution in [0.25, 0.3) is 0 Å². The Morgan fingerprint density at radius 2 is 2.22 bits per heavy atom. The highest BCUT2D eigenvalue weighted by molar-refractivity contribution is 6.04. The van der Waals surface area contributed by atoms with Crippen LogP contribution < -0.4 is 4.74 Å². The van der Waals surface area contributed by atoms with Gasteiger partial charge in [0.05, 0.1) is 25.8 Å². The number of esters is 1. The number of methoxy groups -OCH3 is 2. The van der Waals surface area contributed by atoms with Gasteiger partial charge >= 0.3 is 5.97 Å². The summed E-state index contributed by atoms with van der Waals surface area (Å²) in [5.74, 6) is 0.0974. The molecule has 5 nitrogen and oxygen atoms in total. The molecule has 0 saturated carbocycles. The van der Waals surface area contributed by atoms with Crippen molar-refractivity contribution in [1.82, 2.24) is 0 Å². The molecule has 1 aromatic carbocycles. The lowest BCUT2D eigenvalue weighted by Crippen LogP contribution is -2.23. The van der Waals surface area contributed by atoms with Crippen molar-refractivity contribution < 1.29 is 19.5 Å². The fourth-order valence-corrected chi connectivity index (χ4v) is 2.28. The molecule has 0 radical (unpaired) electrons. The van der Waals surface area contributed by atoms with Crippen LogP contribution >= 0.6 is 0 Å². The Labute approximate surface area is 105 Å². The van der Waals surface area contributed by atoms with Crippen molar-refractivity contribution in [2.75, 3.05) is 14.2 Å². The Morgan fingerprint density at radius 1 is 1.44 bits per heavy atom. The van der Waals surface area contributed by atoms with Crippen LogP contribution in [0.4, 0.5) is 0 Å². The van der Waals surface area contributed by atoms with Crippen molar-refractivity contribution in [2.45, 2.75) is 18.8 Å². The maximum Gasteiger partial charge on any atom is 0.313 e. The summed E-state index contributed by atoms with van der Waals surface area (Å²) in [6.45, 7) is 0. The van der Waals surface area contributed by atoms with Crippen LogP contribution in [0.3, 0.4) is 0 Å². The van der Waals surface area contributed by atoms with E-state index in [0.717, 1.165) is 11.1 Å². The number of oxime groups is 1. The fourth-order valence-electron chi connectivity index (χ4n) is 2.28. The Kier molecular flexibility index (Phi) is 3.50. The second-order valence-electron chi connectivity index (χ2n) is 4.11. The summed E-state index contributed by atoms with van der Waals surface area (Å²) >= 11 is 0. The molecular formula is C13H15NO4. The van der Waals surface area contributed by atoms with E-state index in [-0.39, 0.29) is 11.9 Å². The van der Waals surface area contributed by atoms with Crippen molar-refractivity contribution in [3.63, 3.8) is 0 Å². The van der Waals surface area contributed by atoms with E-state index >= 15 is 0 Å². The maximum atomic E-state index is 11.7. The van der Waals surface area contributed by atoms with Crippen LogP contribution in [-0.4, -0.2) is 31.1 Å². The quantitative estimate of drug-likeness (QED) is 0.494. The normalized spacial score (nSPS) is 20.3. The lowest BCUT2D eigenvalue weighted by molar-refractivity contribution is -0.142. The summed E-state index contributed by atoms with van der Waals surface area (Å²) in [5.41, 5.74) is 2.14. The highest BCUT2D eigenvalue weighted by Crippen LogP contribution is 2.34. The number of carbonyl (C=O) groups is 1. The van der Waals surface area contributed by atoms with Gasteiger partial charge in [-0.1, -0.05) is 11.2 Å². The topological polar surface area (TPSA) is 68.1 Å². The van der Waals surface area contributed by atoms with Crippen LogP contribution in [0.5, 0.6) is 5.75 Å². The van der Waals surface area contributed by atoms with Gasteiger partial charge in [-0.05, 0) is 30.5 Å². The predicted molar refractivity (Wildman–Crippen MR) is 65.3 cm³/mol. The van der Waals surface area contributed by atoms with E-state index in [1.807, 2.05) is 6.07 Å². The molecule has 0 saturated heterocycles. The Bertz CT molecular complexity index is 496. The van der Waals surface area contributed by atoms with Gasteiger partial charge in [-0.3, -0.25) is 4.79 Å². The summed E-state index contributed by atoms with van der Waals surface area (Å²) in [6.07, 6.45) is 1.13. The molecular weight excluding hydrogens is 234 g/mol. The molecule has 18 heavy (non-hydrogen) atoms. The number of carbonyl (C=O) groups excluding carboxylic acids is 1. The van der Waals surface area contributed by atoms with Gasteiger partial charge in [0.15, 0.2) is 0 Å². The molecule has 1 N–H and O–H groups in total. The molecule has 0 aliphatic heterocycles. The molecule has 1 atom stereocenters. The first-order chi connectivity index (χ1) is 8.71. The highest BCUT2D eigenvalue weighted by Gasteiger charge is 2.30. The Hall–Kier alpha value is -2.04. The number of fused-ring (bicyclic) bond motifs is 1. The van der Waals surface area contributed by atoms with Gasteiger partial charge in [0.1, 0.15) is 5.75 Å². The van der Waals surface area contributed by atoms with Crippen LogP contribution in [0.2, 0.25) is 0 Å². The van der Waals surface area contributed by atoms with Crippen LogP contribution in [0, 0.1) is 0 Å². The van der Waals surface area contributed by atoms with E-state index in [2.05, 4.69) is 5.16 Å². The molecule has 0 heterocycles. The maximum absolute atomic E-state index is 11.7. The predicted octanol–water partition coefficient (Wildman–Crippen LogP) is 1.92. The minimum Gasteiger partial charge on any atom is -0.497 e. The van der Waals surface area contributed by atoms with E-state index in [4.69, 9.17) is 14.7 Å². The molecule has 0 fully saturated rings.